The molecule has 1 atom stereocenters. The van der Waals surface area contributed by atoms with Gasteiger partial charge in [-0.05, 0) is 12.8 Å². The zero-order chi connectivity index (χ0) is 9.10. The lowest BCUT2D eigenvalue weighted by Crippen LogP contribution is -2.04. The number of nitrogens with zero attached hydrogens (tertiary/aromatic N) is 3. The summed E-state index contributed by atoms with van der Waals surface area (Å²) in [6.45, 7) is 3.92. The highest BCUT2D eigenvalue weighted by Gasteiger charge is 2.23. The highest BCUT2D eigenvalue weighted by molar-refractivity contribution is 4.92. The van der Waals surface area contributed by atoms with Crippen molar-refractivity contribution in [3.63, 3.8) is 0 Å². The highest BCUT2D eigenvalue weighted by atomic mass is 16.6. The first-order valence-electron chi connectivity index (χ1n) is 4.89. The van der Waals surface area contributed by atoms with Crippen LogP contribution in [0.1, 0.15) is 25.5 Å². The average molecular weight is 181 g/mol. The van der Waals surface area contributed by atoms with Gasteiger partial charge in [0.05, 0.1) is 18.8 Å². The Balaban J connectivity index is 1.84. The summed E-state index contributed by atoms with van der Waals surface area (Å²) in [5.41, 5.74) is 1.10. The molecule has 1 aliphatic heterocycles. The van der Waals surface area contributed by atoms with Gasteiger partial charge in [-0.25, -0.2) is 4.68 Å². The van der Waals surface area contributed by atoms with Crippen molar-refractivity contribution in [2.75, 3.05) is 6.61 Å². The number of aromatic nitrogens is 3. The van der Waals surface area contributed by atoms with Crippen molar-refractivity contribution in [2.24, 2.45) is 0 Å². The molecule has 1 aromatic rings. The molecule has 1 saturated heterocycles. The van der Waals surface area contributed by atoms with Crippen molar-refractivity contribution in [1.82, 2.24) is 15.0 Å². The summed E-state index contributed by atoms with van der Waals surface area (Å²) in [5, 5.41) is 8.13. The first-order valence-corrected chi connectivity index (χ1v) is 4.89. The van der Waals surface area contributed by atoms with Crippen LogP contribution in [0.5, 0.6) is 0 Å². The number of rotatable bonds is 5. The van der Waals surface area contributed by atoms with Gasteiger partial charge in [-0.2, -0.15) is 0 Å². The number of ether oxygens (including phenoxy) is 1. The van der Waals surface area contributed by atoms with Gasteiger partial charge < -0.3 is 4.74 Å². The van der Waals surface area contributed by atoms with E-state index in [1.165, 1.54) is 12.8 Å². The van der Waals surface area contributed by atoms with Crippen molar-refractivity contribution >= 4 is 0 Å². The summed E-state index contributed by atoms with van der Waals surface area (Å²) in [7, 11) is 0. The van der Waals surface area contributed by atoms with Crippen LogP contribution >= 0.6 is 0 Å². The maximum Gasteiger partial charge on any atom is 0.101 e. The summed E-state index contributed by atoms with van der Waals surface area (Å²) < 4.78 is 6.99. The number of hydrogen-bond donors (Lipinski definition) is 0. The molecule has 0 spiro atoms. The largest absolute Gasteiger partial charge is 0.371 e. The fraction of sp³-hybridized carbons (Fsp3) is 0.778. The van der Waals surface area contributed by atoms with Crippen LogP contribution in [0, 0.1) is 0 Å². The third-order valence-electron chi connectivity index (χ3n) is 2.17. The third-order valence-corrected chi connectivity index (χ3v) is 2.17. The first-order chi connectivity index (χ1) is 6.38. The molecule has 72 valence electrons. The molecule has 13 heavy (non-hydrogen) atoms. The van der Waals surface area contributed by atoms with Gasteiger partial charge in [-0.1, -0.05) is 18.6 Å². The molecule has 4 nitrogen and oxygen atoms in total. The Bertz CT molecular complexity index is 268. The molecular weight excluding hydrogens is 166 g/mol. The van der Waals surface area contributed by atoms with E-state index in [1.807, 2.05) is 10.9 Å². The maximum atomic E-state index is 5.11. The Hall–Kier alpha value is -0.900. The van der Waals surface area contributed by atoms with E-state index in [9.17, 15) is 0 Å². The van der Waals surface area contributed by atoms with Gasteiger partial charge in [0, 0.05) is 6.20 Å². The van der Waals surface area contributed by atoms with Crippen molar-refractivity contribution in [1.29, 1.82) is 0 Å². The zero-order valence-corrected chi connectivity index (χ0v) is 7.94. The molecule has 2 rings (SSSR count). The maximum absolute atomic E-state index is 5.11. The van der Waals surface area contributed by atoms with Gasteiger partial charge in [0.2, 0.25) is 0 Å². The van der Waals surface area contributed by atoms with E-state index in [0.29, 0.717) is 6.10 Å². The lowest BCUT2D eigenvalue weighted by Gasteiger charge is -1.93. The summed E-state index contributed by atoms with van der Waals surface area (Å²) in [6.07, 6.45) is 5.86. The second kappa shape index (κ2) is 3.87. The van der Waals surface area contributed by atoms with Crippen molar-refractivity contribution < 1.29 is 4.74 Å². The molecule has 2 heterocycles. The van der Waals surface area contributed by atoms with E-state index in [-0.39, 0.29) is 0 Å². The van der Waals surface area contributed by atoms with Crippen LogP contribution in [0.3, 0.4) is 0 Å². The van der Waals surface area contributed by atoms with Crippen molar-refractivity contribution in [3.05, 3.63) is 11.9 Å². The number of hydrogen-bond acceptors (Lipinski definition) is 3. The Morgan fingerprint density at radius 2 is 2.54 bits per heavy atom. The smallest absolute Gasteiger partial charge is 0.101 e. The predicted octanol–water partition coefficient (Wildman–Crippen LogP) is 1.02. The van der Waals surface area contributed by atoms with E-state index < -0.39 is 0 Å². The van der Waals surface area contributed by atoms with Gasteiger partial charge in [0.15, 0.2) is 0 Å². The highest BCUT2D eigenvalue weighted by Crippen LogP contribution is 2.11. The third kappa shape index (κ3) is 2.52. The molecule has 0 N–H and O–H groups in total. The van der Waals surface area contributed by atoms with E-state index >= 15 is 0 Å². The second-order valence-corrected chi connectivity index (χ2v) is 3.49. The Labute approximate surface area is 77.9 Å². The van der Waals surface area contributed by atoms with Crippen LogP contribution in [-0.4, -0.2) is 27.7 Å². The van der Waals surface area contributed by atoms with Crippen LogP contribution in [0.4, 0.5) is 0 Å². The molecule has 1 fully saturated rings. The molecule has 4 heteroatoms. The monoisotopic (exact) mass is 181 g/mol. The van der Waals surface area contributed by atoms with Gasteiger partial charge in [0.25, 0.3) is 0 Å². The molecule has 0 radical (unpaired) electrons. The number of aryl methyl sites for hydroxylation is 1. The average Bonchev–Trinajstić information content (AvgIpc) is 2.81. The predicted molar refractivity (Wildman–Crippen MR) is 48.4 cm³/mol. The summed E-state index contributed by atoms with van der Waals surface area (Å²) in [5.74, 6) is 0. The van der Waals surface area contributed by atoms with E-state index in [2.05, 4.69) is 17.2 Å². The summed E-state index contributed by atoms with van der Waals surface area (Å²) in [4.78, 5) is 0. The Kier molecular flexibility index (Phi) is 2.59. The zero-order valence-electron chi connectivity index (χ0n) is 7.94. The van der Waals surface area contributed by atoms with E-state index in [4.69, 9.17) is 4.74 Å². The molecular formula is C9H15N3O. The standard InChI is InChI=1S/C9H15N3O/c1-2-3-4-8-5-12(11-10-8)6-9-7-13-9/h5,9H,2-4,6-7H2,1H3. The second-order valence-electron chi connectivity index (χ2n) is 3.49. The van der Waals surface area contributed by atoms with Gasteiger partial charge in [-0.15, -0.1) is 5.10 Å². The van der Waals surface area contributed by atoms with E-state index in [0.717, 1.165) is 25.3 Å². The minimum Gasteiger partial charge on any atom is -0.371 e. The molecule has 1 aromatic heterocycles. The molecule has 1 unspecified atom stereocenters. The quantitative estimate of drug-likeness (QED) is 0.637. The topological polar surface area (TPSA) is 43.2 Å². The molecule has 0 aliphatic carbocycles. The first kappa shape index (κ1) is 8.69. The fourth-order valence-corrected chi connectivity index (χ4v) is 1.28. The minimum absolute atomic E-state index is 0.390. The number of epoxide rings is 1. The summed E-state index contributed by atoms with van der Waals surface area (Å²) >= 11 is 0. The number of unbranched alkanes of at least 4 members (excludes halogenated alkanes) is 1. The van der Waals surface area contributed by atoms with Gasteiger partial charge in [-0.3, -0.25) is 0 Å². The van der Waals surface area contributed by atoms with Crippen LogP contribution in [-0.2, 0) is 17.7 Å². The van der Waals surface area contributed by atoms with E-state index in [1.54, 1.807) is 0 Å². The lowest BCUT2D eigenvalue weighted by atomic mass is 10.2. The molecule has 0 aromatic carbocycles. The van der Waals surface area contributed by atoms with Crippen molar-refractivity contribution in [3.8, 4) is 0 Å². The lowest BCUT2D eigenvalue weighted by molar-refractivity contribution is 0.371. The molecule has 1 aliphatic rings. The SMILES string of the molecule is CCCCc1cn(CC2CO2)nn1. The molecule has 0 bridgehead atoms. The van der Waals surface area contributed by atoms with Crippen LogP contribution < -0.4 is 0 Å². The molecule has 0 amide bonds. The normalized spacial score (nSPS) is 20.5. The Morgan fingerprint density at radius 3 is 3.23 bits per heavy atom. The van der Waals surface area contributed by atoms with Gasteiger partial charge >= 0.3 is 0 Å². The minimum atomic E-state index is 0.390. The fourth-order valence-electron chi connectivity index (χ4n) is 1.28. The van der Waals surface area contributed by atoms with Crippen LogP contribution in [0.15, 0.2) is 6.20 Å². The van der Waals surface area contributed by atoms with Crippen LogP contribution in [0.25, 0.3) is 0 Å². The molecule has 0 saturated carbocycles. The summed E-state index contributed by atoms with van der Waals surface area (Å²) in [6, 6.07) is 0. The Morgan fingerprint density at radius 1 is 1.69 bits per heavy atom. The van der Waals surface area contributed by atoms with Gasteiger partial charge in [0.1, 0.15) is 6.10 Å². The van der Waals surface area contributed by atoms with Crippen LogP contribution in [0.2, 0.25) is 0 Å². The van der Waals surface area contributed by atoms with Crippen molar-refractivity contribution in [2.45, 2.75) is 38.8 Å².